The number of alkyl halides is 2. The number of carbonyl (C=O) groups excluding carboxylic acids is 1. The van der Waals surface area contributed by atoms with Gasteiger partial charge in [-0.2, -0.15) is 0 Å². The second-order valence-corrected chi connectivity index (χ2v) is 7.83. The molecule has 1 aliphatic rings. The van der Waals surface area contributed by atoms with Gasteiger partial charge in [-0.25, -0.2) is 18.6 Å². The highest BCUT2D eigenvalue weighted by Gasteiger charge is 2.35. The summed E-state index contributed by atoms with van der Waals surface area (Å²) in [6, 6.07) is 3.00. The first-order valence-corrected chi connectivity index (χ1v) is 8.81. The molecule has 1 amide bonds. The zero-order valence-electron chi connectivity index (χ0n) is 15.1. The van der Waals surface area contributed by atoms with E-state index >= 15 is 0 Å². The lowest BCUT2D eigenvalue weighted by molar-refractivity contribution is -0.0361. The van der Waals surface area contributed by atoms with Crippen molar-refractivity contribution in [2.75, 3.05) is 10.6 Å². The Balaban J connectivity index is 2.12. The number of nitrogens with two attached hydrogens (primary N) is 1. The van der Waals surface area contributed by atoms with E-state index in [1.807, 2.05) is 0 Å². The molecule has 1 fully saturated rings. The maximum atomic E-state index is 13.3. The number of hydrogen-bond donors (Lipinski definition) is 3. The van der Waals surface area contributed by atoms with Gasteiger partial charge in [0.1, 0.15) is 22.1 Å². The van der Waals surface area contributed by atoms with E-state index in [-0.39, 0.29) is 23.9 Å². The predicted octanol–water partition coefficient (Wildman–Crippen LogP) is 4.05. The molecule has 1 aliphatic carbocycles. The quantitative estimate of drug-likeness (QED) is 0.677. The SMILES string of the molecule is CC(C)(C)OC(=O)Nc1cc(NC2CCC(F)(F)CC2)nc(C(N)=S)c1. The Labute approximate surface area is 156 Å². The Morgan fingerprint density at radius 3 is 2.50 bits per heavy atom. The van der Waals surface area contributed by atoms with E-state index in [0.717, 1.165) is 0 Å². The minimum absolute atomic E-state index is 0.0658. The maximum absolute atomic E-state index is 13.3. The summed E-state index contributed by atoms with van der Waals surface area (Å²) in [6.45, 7) is 5.27. The smallest absolute Gasteiger partial charge is 0.412 e. The molecule has 0 aliphatic heterocycles. The molecule has 26 heavy (non-hydrogen) atoms. The van der Waals surface area contributed by atoms with Crippen LogP contribution < -0.4 is 16.4 Å². The van der Waals surface area contributed by atoms with Crippen LogP contribution in [0.3, 0.4) is 0 Å². The van der Waals surface area contributed by atoms with Crippen LogP contribution in [0.25, 0.3) is 0 Å². The molecular formula is C17H24F2N4O2S. The molecule has 2 rings (SSSR count). The minimum Gasteiger partial charge on any atom is -0.444 e. The third kappa shape index (κ3) is 6.36. The van der Waals surface area contributed by atoms with Gasteiger partial charge in [0.25, 0.3) is 0 Å². The van der Waals surface area contributed by atoms with Crippen molar-refractivity contribution in [1.29, 1.82) is 0 Å². The summed E-state index contributed by atoms with van der Waals surface area (Å²) >= 11 is 4.96. The van der Waals surface area contributed by atoms with E-state index in [0.29, 0.717) is 30.0 Å². The lowest BCUT2D eigenvalue weighted by Gasteiger charge is -2.29. The molecule has 1 heterocycles. The first kappa shape index (κ1) is 20.3. The fourth-order valence-electron chi connectivity index (χ4n) is 2.62. The lowest BCUT2D eigenvalue weighted by Crippen LogP contribution is -2.32. The lowest BCUT2D eigenvalue weighted by atomic mass is 9.92. The number of aromatic nitrogens is 1. The predicted molar refractivity (Wildman–Crippen MR) is 101 cm³/mol. The molecule has 0 unspecified atom stereocenters. The first-order valence-electron chi connectivity index (χ1n) is 8.40. The van der Waals surface area contributed by atoms with Gasteiger partial charge in [0.2, 0.25) is 5.92 Å². The highest BCUT2D eigenvalue weighted by molar-refractivity contribution is 7.80. The van der Waals surface area contributed by atoms with Gasteiger partial charge >= 0.3 is 6.09 Å². The van der Waals surface area contributed by atoms with Crippen LogP contribution >= 0.6 is 12.2 Å². The number of anilines is 2. The van der Waals surface area contributed by atoms with Gasteiger partial charge in [-0.05, 0) is 39.7 Å². The fraction of sp³-hybridized carbons (Fsp3) is 0.588. The number of rotatable bonds is 4. The van der Waals surface area contributed by atoms with Crippen molar-refractivity contribution in [3.63, 3.8) is 0 Å². The number of amides is 1. The molecule has 0 radical (unpaired) electrons. The molecule has 1 saturated carbocycles. The molecule has 1 aromatic heterocycles. The van der Waals surface area contributed by atoms with Crippen LogP contribution in [0.15, 0.2) is 12.1 Å². The number of nitrogens with one attached hydrogen (secondary N) is 2. The van der Waals surface area contributed by atoms with Gasteiger partial charge < -0.3 is 15.8 Å². The molecule has 9 heteroatoms. The Morgan fingerprint density at radius 2 is 1.96 bits per heavy atom. The minimum atomic E-state index is -2.60. The van der Waals surface area contributed by atoms with Crippen molar-refractivity contribution >= 4 is 34.8 Å². The van der Waals surface area contributed by atoms with E-state index in [1.165, 1.54) is 6.07 Å². The van der Waals surface area contributed by atoms with Gasteiger partial charge in [0.15, 0.2) is 0 Å². The maximum Gasteiger partial charge on any atom is 0.412 e. The molecule has 0 bridgehead atoms. The van der Waals surface area contributed by atoms with Gasteiger partial charge in [-0.15, -0.1) is 0 Å². The normalized spacial score (nSPS) is 17.4. The molecule has 0 atom stereocenters. The number of thiocarbonyl (C=S) groups is 1. The van der Waals surface area contributed by atoms with Crippen molar-refractivity contribution in [2.24, 2.45) is 5.73 Å². The Morgan fingerprint density at radius 1 is 1.35 bits per heavy atom. The van der Waals surface area contributed by atoms with Crippen LogP contribution in [0.2, 0.25) is 0 Å². The molecule has 144 valence electrons. The van der Waals surface area contributed by atoms with Crippen LogP contribution in [0.1, 0.15) is 52.1 Å². The van der Waals surface area contributed by atoms with E-state index in [9.17, 15) is 13.6 Å². The molecule has 4 N–H and O–H groups in total. The van der Waals surface area contributed by atoms with Crippen LogP contribution in [0, 0.1) is 0 Å². The van der Waals surface area contributed by atoms with E-state index in [1.54, 1.807) is 26.8 Å². The summed E-state index contributed by atoms with van der Waals surface area (Å²) < 4.78 is 31.8. The average Bonchev–Trinajstić information content (AvgIpc) is 2.47. The zero-order valence-corrected chi connectivity index (χ0v) is 15.9. The Bertz CT molecular complexity index is 682. The molecule has 0 aromatic carbocycles. The third-order valence-corrected chi connectivity index (χ3v) is 4.00. The molecule has 0 spiro atoms. The highest BCUT2D eigenvalue weighted by Crippen LogP contribution is 2.34. The van der Waals surface area contributed by atoms with E-state index < -0.39 is 17.6 Å². The van der Waals surface area contributed by atoms with Gasteiger partial charge in [-0.1, -0.05) is 12.2 Å². The standard InChI is InChI=1S/C17H24F2N4O2S/c1-16(2,3)25-15(24)22-11-8-12(14(20)26)23-13(9-11)21-10-4-6-17(18,19)7-5-10/h8-10H,4-7H2,1-3H3,(H2,20,26)(H2,21,22,23,24). The van der Waals surface area contributed by atoms with Gasteiger partial charge in [-0.3, -0.25) is 5.32 Å². The number of nitrogens with zero attached hydrogens (tertiary/aromatic N) is 1. The largest absolute Gasteiger partial charge is 0.444 e. The second kappa shape index (κ2) is 7.69. The number of halogens is 2. The topological polar surface area (TPSA) is 89.3 Å². The van der Waals surface area contributed by atoms with E-state index in [2.05, 4.69) is 15.6 Å². The molecule has 0 saturated heterocycles. The summed E-state index contributed by atoms with van der Waals surface area (Å²) in [5, 5.41) is 5.73. The highest BCUT2D eigenvalue weighted by atomic mass is 32.1. The van der Waals surface area contributed by atoms with Crippen LogP contribution in [-0.4, -0.2) is 33.6 Å². The molecule has 1 aromatic rings. The van der Waals surface area contributed by atoms with Crippen LogP contribution in [-0.2, 0) is 4.74 Å². The van der Waals surface area contributed by atoms with Gasteiger partial charge in [0, 0.05) is 30.6 Å². The van der Waals surface area contributed by atoms with Crippen molar-refractivity contribution in [2.45, 2.75) is 64.0 Å². The molecular weight excluding hydrogens is 362 g/mol. The Hall–Kier alpha value is -2.03. The number of carbonyl (C=O) groups is 1. The number of pyridine rings is 1. The van der Waals surface area contributed by atoms with Crippen LogP contribution in [0.4, 0.5) is 25.1 Å². The molecule has 6 nitrogen and oxygen atoms in total. The Kier molecular flexibility index (Phi) is 6.00. The van der Waals surface area contributed by atoms with Crippen molar-refractivity contribution < 1.29 is 18.3 Å². The first-order chi connectivity index (χ1) is 11.9. The third-order valence-electron chi connectivity index (χ3n) is 3.79. The summed E-state index contributed by atoms with van der Waals surface area (Å²) in [5.41, 5.74) is 5.73. The van der Waals surface area contributed by atoms with Crippen molar-refractivity contribution in [1.82, 2.24) is 4.98 Å². The van der Waals surface area contributed by atoms with Crippen molar-refractivity contribution in [3.8, 4) is 0 Å². The van der Waals surface area contributed by atoms with E-state index in [4.69, 9.17) is 22.7 Å². The zero-order chi connectivity index (χ0) is 19.5. The van der Waals surface area contributed by atoms with Crippen molar-refractivity contribution in [3.05, 3.63) is 17.8 Å². The second-order valence-electron chi connectivity index (χ2n) is 7.39. The van der Waals surface area contributed by atoms with Crippen LogP contribution in [0.5, 0.6) is 0 Å². The summed E-state index contributed by atoms with van der Waals surface area (Å²) in [5.74, 6) is -2.19. The summed E-state index contributed by atoms with van der Waals surface area (Å²) in [7, 11) is 0. The summed E-state index contributed by atoms with van der Waals surface area (Å²) in [4.78, 5) is 16.3. The summed E-state index contributed by atoms with van der Waals surface area (Å²) in [6.07, 6.45) is -0.284. The average molecular weight is 386 g/mol. The monoisotopic (exact) mass is 386 g/mol. The van der Waals surface area contributed by atoms with Gasteiger partial charge in [0.05, 0.1) is 0 Å². The number of hydrogen-bond acceptors (Lipinski definition) is 5. The number of ether oxygens (including phenoxy) is 1. The fourth-order valence-corrected chi connectivity index (χ4v) is 2.72.